The Labute approximate surface area is 175 Å². The summed E-state index contributed by atoms with van der Waals surface area (Å²) in [5.41, 5.74) is 3.66. The van der Waals surface area contributed by atoms with Gasteiger partial charge < -0.3 is 5.32 Å². The molecule has 0 unspecified atom stereocenters. The van der Waals surface area contributed by atoms with E-state index in [0.717, 1.165) is 11.1 Å². The molecule has 6 nitrogen and oxygen atoms in total. The molecule has 0 atom stereocenters. The molecule has 4 rings (SSSR count). The van der Waals surface area contributed by atoms with Crippen LogP contribution in [0.15, 0.2) is 71.6 Å². The van der Waals surface area contributed by atoms with Crippen LogP contribution in [-0.4, -0.2) is 26.7 Å². The van der Waals surface area contributed by atoms with Crippen molar-refractivity contribution in [2.75, 3.05) is 11.9 Å². The number of benzene rings is 3. The summed E-state index contributed by atoms with van der Waals surface area (Å²) in [4.78, 5) is 25.4. The average Bonchev–Trinajstić information content (AvgIpc) is 3.05. The Balaban J connectivity index is 1.52. The highest BCUT2D eigenvalue weighted by Gasteiger charge is 2.27. The molecule has 0 radical (unpaired) electrons. The second-order valence-corrected chi connectivity index (χ2v) is 8.78. The normalized spacial score (nSPS) is 12.4. The van der Waals surface area contributed by atoms with Crippen molar-refractivity contribution in [3.05, 3.63) is 83.4 Å². The largest absolute Gasteiger partial charge is 0.322 e. The lowest BCUT2D eigenvalue weighted by atomic mass is 10.0. The molecule has 30 heavy (non-hydrogen) atoms. The Morgan fingerprint density at radius 3 is 2.23 bits per heavy atom. The van der Waals surface area contributed by atoms with Crippen LogP contribution in [0.1, 0.15) is 39.6 Å². The quantitative estimate of drug-likeness (QED) is 0.496. The van der Waals surface area contributed by atoms with Gasteiger partial charge in [-0.15, -0.1) is 0 Å². The average molecular weight is 420 g/mol. The van der Waals surface area contributed by atoms with Gasteiger partial charge in [0.15, 0.2) is 5.78 Å². The first-order valence-corrected chi connectivity index (χ1v) is 11.1. The second kappa shape index (κ2) is 7.85. The summed E-state index contributed by atoms with van der Waals surface area (Å²) in [7, 11) is -3.56. The number of carbonyl (C=O) groups excluding carboxylic acids is 2. The number of anilines is 1. The lowest BCUT2D eigenvalue weighted by Gasteiger charge is -2.09. The fraction of sp³-hybridized carbons (Fsp3) is 0.130. The molecule has 0 heterocycles. The molecule has 0 fully saturated rings. The van der Waals surface area contributed by atoms with Gasteiger partial charge in [-0.25, -0.2) is 13.1 Å². The Bertz CT molecular complexity index is 1250. The van der Waals surface area contributed by atoms with Crippen molar-refractivity contribution in [1.82, 2.24) is 4.72 Å². The minimum Gasteiger partial charge on any atom is -0.322 e. The number of carbonyl (C=O) groups is 2. The zero-order valence-corrected chi connectivity index (χ0v) is 17.1. The monoisotopic (exact) mass is 420 g/mol. The molecule has 0 saturated carbocycles. The van der Waals surface area contributed by atoms with Gasteiger partial charge in [-0.1, -0.05) is 37.3 Å². The van der Waals surface area contributed by atoms with Crippen molar-refractivity contribution in [1.29, 1.82) is 0 Å². The zero-order chi connectivity index (χ0) is 21.3. The first kappa shape index (κ1) is 20.0. The van der Waals surface area contributed by atoms with Gasteiger partial charge in [-0.3, -0.25) is 9.59 Å². The van der Waals surface area contributed by atoms with Crippen molar-refractivity contribution in [3.63, 3.8) is 0 Å². The van der Waals surface area contributed by atoms with E-state index >= 15 is 0 Å². The van der Waals surface area contributed by atoms with Crippen LogP contribution in [0.5, 0.6) is 0 Å². The van der Waals surface area contributed by atoms with Crippen LogP contribution in [0.25, 0.3) is 11.1 Å². The van der Waals surface area contributed by atoms with Gasteiger partial charge >= 0.3 is 0 Å². The molecular weight excluding hydrogens is 400 g/mol. The maximum Gasteiger partial charge on any atom is 0.255 e. The number of amides is 1. The zero-order valence-electron chi connectivity index (χ0n) is 16.3. The SMILES string of the molecule is CCCNS(=O)(=O)c1ccc(NC(=O)c2ccc3c(c2)C(=O)c2ccccc2-3)cc1. The van der Waals surface area contributed by atoms with Crippen molar-refractivity contribution in [3.8, 4) is 11.1 Å². The van der Waals surface area contributed by atoms with Gasteiger partial charge in [0.25, 0.3) is 5.91 Å². The van der Waals surface area contributed by atoms with Gasteiger partial charge in [-0.05, 0) is 53.9 Å². The second-order valence-electron chi connectivity index (χ2n) is 7.01. The minimum atomic E-state index is -3.56. The molecule has 3 aromatic rings. The number of ketones is 1. The molecule has 0 aromatic heterocycles. The van der Waals surface area contributed by atoms with E-state index in [9.17, 15) is 18.0 Å². The highest BCUT2D eigenvalue weighted by atomic mass is 32.2. The molecule has 0 saturated heterocycles. The van der Waals surface area contributed by atoms with Crippen LogP contribution in [0.4, 0.5) is 5.69 Å². The molecule has 1 aliphatic carbocycles. The Morgan fingerprint density at radius 2 is 1.53 bits per heavy atom. The van der Waals surface area contributed by atoms with Crippen LogP contribution in [-0.2, 0) is 10.0 Å². The number of rotatable bonds is 6. The maximum absolute atomic E-state index is 12.7. The lowest BCUT2D eigenvalue weighted by Crippen LogP contribution is -2.24. The Morgan fingerprint density at radius 1 is 0.867 bits per heavy atom. The van der Waals surface area contributed by atoms with Crippen LogP contribution >= 0.6 is 0 Å². The van der Waals surface area contributed by atoms with Crippen LogP contribution in [0, 0.1) is 0 Å². The molecule has 0 spiro atoms. The molecule has 152 valence electrons. The molecule has 2 N–H and O–H groups in total. The third kappa shape index (κ3) is 3.65. The smallest absolute Gasteiger partial charge is 0.255 e. The van der Waals surface area contributed by atoms with E-state index in [0.29, 0.717) is 35.3 Å². The molecule has 0 aliphatic heterocycles. The number of sulfonamides is 1. The van der Waals surface area contributed by atoms with Crippen molar-refractivity contribution in [2.45, 2.75) is 18.2 Å². The van der Waals surface area contributed by atoms with E-state index in [1.807, 2.05) is 25.1 Å². The molecule has 1 amide bonds. The van der Waals surface area contributed by atoms with Crippen LogP contribution in [0.2, 0.25) is 0 Å². The van der Waals surface area contributed by atoms with E-state index in [1.54, 1.807) is 24.3 Å². The molecule has 3 aromatic carbocycles. The van der Waals surface area contributed by atoms with Gasteiger partial charge in [0.1, 0.15) is 0 Å². The van der Waals surface area contributed by atoms with Crippen LogP contribution < -0.4 is 10.0 Å². The number of fused-ring (bicyclic) bond motifs is 3. The summed E-state index contributed by atoms with van der Waals surface area (Å²) < 4.78 is 26.8. The highest BCUT2D eigenvalue weighted by Crippen LogP contribution is 2.36. The Hall–Kier alpha value is -3.29. The number of hydrogen-bond acceptors (Lipinski definition) is 4. The van der Waals surface area contributed by atoms with Gasteiger partial charge in [0, 0.05) is 28.9 Å². The Kier molecular flexibility index (Phi) is 5.24. The third-order valence-corrected chi connectivity index (χ3v) is 6.43. The fourth-order valence-electron chi connectivity index (χ4n) is 3.41. The summed E-state index contributed by atoms with van der Waals surface area (Å²) in [5, 5.41) is 2.74. The standard InChI is InChI=1S/C23H20N2O4S/c1-2-13-24-30(28,29)17-10-8-16(9-11-17)25-23(27)15-7-12-19-18-5-3-4-6-20(18)22(26)21(19)14-15/h3-12,14,24H,2,13H2,1H3,(H,25,27). The summed E-state index contributed by atoms with van der Waals surface area (Å²) in [5.74, 6) is -0.467. The highest BCUT2D eigenvalue weighted by molar-refractivity contribution is 7.89. The van der Waals surface area contributed by atoms with Crippen molar-refractivity contribution in [2.24, 2.45) is 0 Å². The fourth-order valence-corrected chi connectivity index (χ4v) is 4.54. The number of nitrogens with one attached hydrogen (secondary N) is 2. The molecule has 7 heteroatoms. The van der Waals surface area contributed by atoms with Crippen molar-refractivity contribution >= 4 is 27.4 Å². The van der Waals surface area contributed by atoms with Gasteiger partial charge in [0.2, 0.25) is 10.0 Å². The van der Waals surface area contributed by atoms with Gasteiger partial charge in [-0.2, -0.15) is 0 Å². The van der Waals surface area contributed by atoms with E-state index in [2.05, 4.69) is 10.0 Å². The minimum absolute atomic E-state index is 0.0932. The molecular formula is C23H20N2O4S. The first-order chi connectivity index (χ1) is 14.4. The lowest BCUT2D eigenvalue weighted by molar-refractivity contribution is 0.102. The first-order valence-electron chi connectivity index (χ1n) is 9.60. The summed E-state index contributed by atoms with van der Waals surface area (Å²) in [6, 6.07) is 18.4. The predicted octanol–water partition coefficient (Wildman–Crippen LogP) is 3.84. The summed E-state index contributed by atoms with van der Waals surface area (Å²) >= 11 is 0. The predicted molar refractivity (Wildman–Crippen MR) is 115 cm³/mol. The number of hydrogen-bond donors (Lipinski definition) is 2. The summed E-state index contributed by atoms with van der Waals surface area (Å²) in [6.45, 7) is 2.24. The van der Waals surface area contributed by atoms with Gasteiger partial charge in [0.05, 0.1) is 4.90 Å². The topological polar surface area (TPSA) is 92.3 Å². The third-order valence-electron chi connectivity index (χ3n) is 4.95. The summed E-state index contributed by atoms with van der Waals surface area (Å²) in [6.07, 6.45) is 0.696. The maximum atomic E-state index is 12.7. The van der Waals surface area contributed by atoms with E-state index in [1.165, 1.54) is 24.3 Å². The van der Waals surface area contributed by atoms with E-state index < -0.39 is 10.0 Å². The molecule has 0 bridgehead atoms. The van der Waals surface area contributed by atoms with Crippen molar-refractivity contribution < 1.29 is 18.0 Å². The van der Waals surface area contributed by atoms with E-state index in [4.69, 9.17) is 0 Å². The van der Waals surface area contributed by atoms with E-state index in [-0.39, 0.29) is 16.6 Å². The molecule has 1 aliphatic rings. The van der Waals surface area contributed by atoms with Crippen LogP contribution in [0.3, 0.4) is 0 Å².